The molecule has 0 aromatic carbocycles. The molecule has 1 saturated carbocycles. The largest absolute Gasteiger partial charge is 0.480 e. The highest BCUT2D eigenvalue weighted by molar-refractivity contribution is 5.78. The second kappa shape index (κ2) is 6.05. The molecule has 3 nitrogen and oxygen atoms in total. The van der Waals surface area contributed by atoms with E-state index < -0.39 is 11.5 Å². The number of rotatable bonds is 2. The molecule has 0 aromatic rings. The second-order valence-electron chi connectivity index (χ2n) is 6.27. The van der Waals surface area contributed by atoms with Crippen molar-refractivity contribution in [2.75, 3.05) is 13.1 Å². The smallest absolute Gasteiger partial charge is 0.324 e. The van der Waals surface area contributed by atoms with Crippen molar-refractivity contribution in [3.63, 3.8) is 0 Å². The van der Waals surface area contributed by atoms with E-state index in [1.165, 1.54) is 32.1 Å². The van der Waals surface area contributed by atoms with E-state index in [0.717, 1.165) is 38.8 Å². The fourth-order valence-electron chi connectivity index (χ4n) is 3.66. The Morgan fingerprint density at radius 3 is 2.33 bits per heavy atom. The van der Waals surface area contributed by atoms with Crippen molar-refractivity contribution in [1.82, 2.24) is 4.90 Å². The van der Waals surface area contributed by atoms with E-state index in [1.54, 1.807) is 0 Å². The Morgan fingerprint density at radius 1 is 1.06 bits per heavy atom. The monoisotopic (exact) mass is 253 g/mol. The summed E-state index contributed by atoms with van der Waals surface area (Å²) in [5, 5.41) is 9.80. The van der Waals surface area contributed by atoms with Crippen LogP contribution in [0.1, 0.15) is 64.7 Å². The molecule has 1 aliphatic heterocycles. The van der Waals surface area contributed by atoms with Crippen LogP contribution in [-0.4, -0.2) is 34.6 Å². The van der Waals surface area contributed by atoms with Crippen LogP contribution in [0, 0.1) is 5.92 Å². The highest BCUT2D eigenvalue weighted by Gasteiger charge is 2.44. The number of hydrogen-bond acceptors (Lipinski definition) is 2. The van der Waals surface area contributed by atoms with Crippen LogP contribution >= 0.6 is 0 Å². The molecule has 0 spiro atoms. The molecule has 0 radical (unpaired) electrons. The predicted molar refractivity (Wildman–Crippen MR) is 72.7 cm³/mol. The molecule has 1 heterocycles. The van der Waals surface area contributed by atoms with Crippen molar-refractivity contribution in [2.45, 2.75) is 70.3 Å². The highest BCUT2D eigenvalue weighted by atomic mass is 16.4. The van der Waals surface area contributed by atoms with Gasteiger partial charge in [-0.05, 0) is 51.1 Å². The first-order valence-electron chi connectivity index (χ1n) is 7.63. The molecule has 1 saturated heterocycles. The summed E-state index contributed by atoms with van der Waals surface area (Å²) in [5.74, 6) is 0.122. The van der Waals surface area contributed by atoms with Crippen molar-refractivity contribution in [1.29, 1.82) is 0 Å². The number of likely N-dealkylation sites (tertiary alicyclic amines) is 1. The Morgan fingerprint density at radius 2 is 1.72 bits per heavy atom. The van der Waals surface area contributed by atoms with Gasteiger partial charge in [0.2, 0.25) is 0 Å². The molecule has 0 amide bonds. The first kappa shape index (κ1) is 13.9. The minimum absolute atomic E-state index is 0.547. The van der Waals surface area contributed by atoms with Gasteiger partial charge < -0.3 is 5.11 Å². The minimum Gasteiger partial charge on any atom is -0.480 e. The third-order valence-electron chi connectivity index (χ3n) is 4.95. The van der Waals surface area contributed by atoms with Crippen molar-refractivity contribution in [3.8, 4) is 0 Å². The van der Waals surface area contributed by atoms with Crippen LogP contribution in [0.15, 0.2) is 0 Å². The van der Waals surface area contributed by atoms with Crippen LogP contribution in [0.2, 0.25) is 0 Å². The topological polar surface area (TPSA) is 40.5 Å². The van der Waals surface area contributed by atoms with E-state index in [9.17, 15) is 9.90 Å². The maximum atomic E-state index is 11.9. The summed E-state index contributed by atoms with van der Waals surface area (Å²) in [7, 11) is 0. The molecule has 2 aliphatic rings. The van der Waals surface area contributed by atoms with E-state index in [2.05, 4.69) is 11.8 Å². The van der Waals surface area contributed by atoms with Crippen molar-refractivity contribution in [2.24, 2.45) is 5.92 Å². The summed E-state index contributed by atoms with van der Waals surface area (Å²) < 4.78 is 0. The summed E-state index contributed by atoms with van der Waals surface area (Å²) in [5.41, 5.74) is -0.547. The van der Waals surface area contributed by atoms with E-state index >= 15 is 0 Å². The van der Waals surface area contributed by atoms with Gasteiger partial charge in [0.15, 0.2) is 0 Å². The lowest BCUT2D eigenvalue weighted by Crippen LogP contribution is -2.54. The molecule has 0 aromatic heterocycles. The van der Waals surface area contributed by atoms with Gasteiger partial charge in [0.1, 0.15) is 5.54 Å². The molecule has 104 valence electrons. The molecule has 18 heavy (non-hydrogen) atoms. The summed E-state index contributed by atoms with van der Waals surface area (Å²) in [6.45, 7) is 4.24. The number of carboxylic acid groups (broad SMARTS) is 1. The lowest BCUT2D eigenvalue weighted by atomic mass is 9.87. The third kappa shape index (κ3) is 2.87. The molecule has 0 bridgehead atoms. The summed E-state index contributed by atoms with van der Waals surface area (Å²) in [4.78, 5) is 14.2. The minimum atomic E-state index is -0.571. The lowest BCUT2D eigenvalue weighted by molar-refractivity contribution is -0.153. The van der Waals surface area contributed by atoms with Crippen LogP contribution < -0.4 is 0 Å². The van der Waals surface area contributed by atoms with E-state index in [-0.39, 0.29) is 0 Å². The molecule has 1 aliphatic carbocycles. The van der Waals surface area contributed by atoms with Gasteiger partial charge in [0.25, 0.3) is 0 Å². The zero-order valence-electron chi connectivity index (χ0n) is 11.7. The van der Waals surface area contributed by atoms with Crippen LogP contribution in [0.25, 0.3) is 0 Å². The maximum absolute atomic E-state index is 11.9. The first-order valence-corrected chi connectivity index (χ1v) is 7.63. The van der Waals surface area contributed by atoms with Gasteiger partial charge in [-0.25, -0.2) is 0 Å². The van der Waals surface area contributed by atoms with Crippen LogP contribution in [0.4, 0.5) is 0 Å². The normalized spacial score (nSPS) is 35.7. The van der Waals surface area contributed by atoms with Crippen molar-refractivity contribution >= 4 is 5.97 Å². The molecule has 1 N–H and O–H groups in total. The molecule has 2 fully saturated rings. The van der Waals surface area contributed by atoms with Crippen LogP contribution in [0.3, 0.4) is 0 Å². The average molecular weight is 253 g/mol. The molecule has 3 heteroatoms. The zero-order valence-corrected chi connectivity index (χ0v) is 11.7. The Bertz CT molecular complexity index is 284. The average Bonchev–Trinajstić information content (AvgIpc) is 2.70. The molecular formula is C15H27NO2. The summed E-state index contributed by atoms with van der Waals surface area (Å²) in [6.07, 6.45) is 9.92. The van der Waals surface area contributed by atoms with Crippen molar-refractivity contribution in [3.05, 3.63) is 0 Å². The quantitative estimate of drug-likeness (QED) is 0.768. The number of aliphatic carboxylic acids is 1. The van der Waals surface area contributed by atoms with Crippen LogP contribution in [0.5, 0.6) is 0 Å². The molecule has 2 rings (SSSR count). The van der Waals surface area contributed by atoms with E-state index in [0.29, 0.717) is 5.92 Å². The number of hydrogen-bond donors (Lipinski definition) is 1. The fourth-order valence-corrected chi connectivity index (χ4v) is 3.66. The Labute approximate surface area is 111 Å². The van der Waals surface area contributed by atoms with E-state index in [1.807, 2.05) is 0 Å². The zero-order chi connectivity index (χ0) is 13.0. The van der Waals surface area contributed by atoms with Gasteiger partial charge in [-0.3, -0.25) is 9.69 Å². The van der Waals surface area contributed by atoms with Gasteiger partial charge in [0.05, 0.1) is 0 Å². The predicted octanol–water partition coefficient (Wildman–Crippen LogP) is 3.29. The summed E-state index contributed by atoms with van der Waals surface area (Å²) >= 11 is 0. The number of carboxylic acids is 1. The molecule has 2 unspecified atom stereocenters. The van der Waals surface area contributed by atoms with Crippen LogP contribution in [-0.2, 0) is 4.79 Å². The second-order valence-corrected chi connectivity index (χ2v) is 6.27. The third-order valence-corrected chi connectivity index (χ3v) is 4.95. The van der Waals surface area contributed by atoms with Gasteiger partial charge >= 0.3 is 5.97 Å². The molecule has 2 atom stereocenters. The van der Waals surface area contributed by atoms with Gasteiger partial charge in [-0.1, -0.05) is 32.6 Å². The highest BCUT2D eigenvalue weighted by Crippen LogP contribution is 2.36. The summed E-state index contributed by atoms with van der Waals surface area (Å²) in [6, 6.07) is 0. The Kier molecular flexibility index (Phi) is 4.66. The Hall–Kier alpha value is -0.570. The Balaban J connectivity index is 2.16. The van der Waals surface area contributed by atoms with Gasteiger partial charge in [-0.15, -0.1) is 0 Å². The van der Waals surface area contributed by atoms with Gasteiger partial charge in [-0.2, -0.15) is 0 Å². The first-order chi connectivity index (χ1) is 8.65. The van der Waals surface area contributed by atoms with Crippen molar-refractivity contribution < 1.29 is 9.90 Å². The van der Waals surface area contributed by atoms with Gasteiger partial charge in [0, 0.05) is 0 Å². The standard InChI is InChI=1S/C15H27NO2/c1-13-7-6-9-15(10-8-13,14(17)18)16-11-4-2-3-5-12-16/h13H,2-12H2,1H3,(H,17,18). The number of nitrogens with zero attached hydrogens (tertiary/aromatic N) is 1. The lowest BCUT2D eigenvalue weighted by Gasteiger charge is -2.40. The fraction of sp³-hybridized carbons (Fsp3) is 0.933. The van der Waals surface area contributed by atoms with E-state index in [4.69, 9.17) is 0 Å². The SMILES string of the molecule is CC1CCCC(C(=O)O)(N2CCCCCC2)CC1. The molecular weight excluding hydrogens is 226 g/mol. The maximum Gasteiger partial charge on any atom is 0.324 e. The number of carbonyl (C=O) groups is 1.